The van der Waals surface area contributed by atoms with Gasteiger partial charge >= 0.3 is 5.76 Å². The van der Waals surface area contributed by atoms with E-state index in [1.807, 2.05) is 6.07 Å². The molecule has 1 heterocycles. The summed E-state index contributed by atoms with van der Waals surface area (Å²) in [7, 11) is 1.54. The van der Waals surface area contributed by atoms with E-state index in [1.165, 1.54) is 7.11 Å². The molecule has 17 heavy (non-hydrogen) atoms. The molecule has 5 N–H and O–H groups in total. The molecule has 2 rings (SSSR count). The second kappa shape index (κ2) is 4.12. The number of benzene rings is 1. The molecule has 0 saturated carbocycles. The van der Waals surface area contributed by atoms with Crippen molar-refractivity contribution in [2.24, 2.45) is 0 Å². The molecule has 7 heteroatoms. The highest BCUT2D eigenvalue weighted by atomic mass is 16.5. The lowest BCUT2D eigenvalue weighted by atomic mass is 10.3. The van der Waals surface area contributed by atoms with E-state index in [-0.39, 0.29) is 11.7 Å². The van der Waals surface area contributed by atoms with Gasteiger partial charge in [-0.05, 0) is 12.1 Å². The van der Waals surface area contributed by atoms with Crippen LogP contribution >= 0.6 is 0 Å². The van der Waals surface area contributed by atoms with E-state index in [9.17, 15) is 4.79 Å². The third kappa shape index (κ3) is 1.89. The number of hydrogen-bond donors (Lipinski definition) is 3. The van der Waals surface area contributed by atoms with Crippen molar-refractivity contribution < 1.29 is 9.15 Å². The van der Waals surface area contributed by atoms with Crippen molar-refractivity contribution in [1.29, 1.82) is 0 Å². The number of nitrogen functional groups attached to an aromatic ring is 2. The Morgan fingerprint density at radius 2 is 2.12 bits per heavy atom. The molecule has 0 amide bonds. The van der Waals surface area contributed by atoms with E-state index in [2.05, 4.69) is 9.73 Å². The van der Waals surface area contributed by atoms with Crippen molar-refractivity contribution in [1.82, 2.24) is 4.68 Å². The van der Waals surface area contributed by atoms with Crippen LogP contribution in [0.4, 0.5) is 17.4 Å². The van der Waals surface area contributed by atoms with Crippen molar-refractivity contribution in [2.75, 3.05) is 24.0 Å². The van der Waals surface area contributed by atoms with Crippen LogP contribution in [0.5, 0.6) is 5.75 Å². The summed E-state index contributed by atoms with van der Waals surface area (Å²) in [5.74, 6) is 5.43. The maximum absolute atomic E-state index is 11.1. The van der Waals surface area contributed by atoms with E-state index in [0.29, 0.717) is 11.4 Å². The van der Waals surface area contributed by atoms with Crippen LogP contribution in [0.2, 0.25) is 0 Å². The summed E-state index contributed by atoms with van der Waals surface area (Å²) in [5, 5.41) is 2.88. The average molecular weight is 236 g/mol. The molecule has 1 aromatic carbocycles. The standard InChI is InChI=1S/C10H12N4O3/c1-16-7-5-3-2-4-6(7)13-9-8(11)17-10(15)14(9)12/h2-5,13H,11-12H2,1H3. The number of nitrogens with two attached hydrogens (primary N) is 2. The molecule has 0 aliphatic heterocycles. The highest BCUT2D eigenvalue weighted by molar-refractivity contribution is 5.69. The first-order chi connectivity index (χ1) is 8.13. The Balaban J connectivity index is 2.41. The fourth-order valence-electron chi connectivity index (χ4n) is 1.40. The fourth-order valence-corrected chi connectivity index (χ4v) is 1.40. The van der Waals surface area contributed by atoms with Gasteiger partial charge in [-0.15, -0.1) is 0 Å². The molecule has 0 bridgehead atoms. The minimum Gasteiger partial charge on any atom is -0.495 e. The molecule has 2 aromatic rings. The SMILES string of the molecule is COc1ccccc1Nc1c(N)oc(=O)n1N. The van der Waals surface area contributed by atoms with Crippen LogP contribution in [-0.2, 0) is 0 Å². The molecule has 0 fully saturated rings. The molecule has 1 aromatic heterocycles. The summed E-state index contributed by atoms with van der Waals surface area (Å²) in [5.41, 5.74) is 6.14. The Kier molecular flexibility index (Phi) is 2.65. The Hall–Kier alpha value is -2.57. The lowest BCUT2D eigenvalue weighted by Gasteiger charge is -2.10. The summed E-state index contributed by atoms with van der Waals surface area (Å²) in [4.78, 5) is 11.1. The third-order valence-corrected chi connectivity index (χ3v) is 2.23. The van der Waals surface area contributed by atoms with Crippen molar-refractivity contribution in [2.45, 2.75) is 0 Å². The Bertz CT molecular complexity index is 587. The van der Waals surface area contributed by atoms with Crippen LogP contribution in [0.25, 0.3) is 0 Å². The number of nitrogens with one attached hydrogen (secondary N) is 1. The fraction of sp³-hybridized carbons (Fsp3) is 0.100. The van der Waals surface area contributed by atoms with Gasteiger partial charge in [-0.2, -0.15) is 4.68 Å². The minimum absolute atomic E-state index is 0.0802. The number of aromatic nitrogens is 1. The summed E-state index contributed by atoms with van der Waals surface area (Å²) < 4.78 is 10.6. The zero-order chi connectivity index (χ0) is 12.4. The van der Waals surface area contributed by atoms with E-state index < -0.39 is 5.76 Å². The van der Waals surface area contributed by atoms with Gasteiger partial charge in [-0.3, -0.25) is 0 Å². The molecule has 0 radical (unpaired) electrons. The molecule has 90 valence electrons. The van der Waals surface area contributed by atoms with Gasteiger partial charge in [0.15, 0.2) is 5.82 Å². The van der Waals surface area contributed by atoms with Gasteiger partial charge in [0.05, 0.1) is 12.8 Å². The molecule has 0 saturated heterocycles. The highest BCUT2D eigenvalue weighted by Gasteiger charge is 2.13. The summed E-state index contributed by atoms with van der Waals surface area (Å²) >= 11 is 0. The van der Waals surface area contributed by atoms with Gasteiger partial charge in [0.1, 0.15) is 5.75 Å². The summed E-state index contributed by atoms with van der Waals surface area (Å²) in [6, 6.07) is 7.14. The number of anilines is 3. The minimum atomic E-state index is -0.736. The maximum Gasteiger partial charge on any atom is 0.441 e. The quantitative estimate of drug-likeness (QED) is 0.669. The Morgan fingerprint density at radius 3 is 2.71 bits per heavy atom. The van der Waals surface area contributed by atoms with Crippen molar-refractivity contribution >= 4 is 17.4 Å². The van der Waals surface area contributed by atoms with Crippen molar-refractivity contribution in [3.63, 3.8) is 0 Å². The van der Waals surface area contributed by atoms with Crippen LogP contribution in [0, 0.1) is 0 Å². The number of nitrogens with zero attached hydrogens (tertiary/aromatic N) is 1. The van der Waals surface area contributed by atoms with Gasteiger partial charge in [0, 0.05) is 0 Å². The number of oxazole rings is 1. The number of rotatable bonds is 3. The molecular weight excluding hydrogens is 224 g/mol. The number of para-hydroxylation sites is 2. The Labute approximate surface area is 96.6 Å². The topological polar surface area (TPSA) is 108 Å². The van der Waals surface area contributed by atoms with Gasteiger partial charge in [0.25, 0.3) is 0 Å². The number of ether oxygens (including phenoxy) is 1. The first kappa shape index (κ1) is 10.9. The van der Waals surface area contributed by atoms with Gasteiger partial charge < -0.3 is 26.0 Å². The highest BCUT2D eigenvalue weighted by Crippen LogP contribution is 2.28. The molecule has 0 aliphatic rings. The van der Waals surface area contributed by atoms with Crippen LogP contribution in [0.15, 0.2) is 33.5 Å². The van der Waals surface area contributed by atoms with Crippen molar-refractivity contribution in [3.05, 3.63) is 34.8 Å². The van der Waals surface area contributed by atoms with Crippen LogP contribution in [0.3, 0.4) is 0 Å². The zero-order valence-electron chi connectivity index (χ0n) is 9.14. The van der Waals surface area contributed by atoms with Gasteiger partial charge in [-0.25, -0.2) is 4.79 Å². The first-order valence-electron chi connectivity index (χ1n) is 4.80. The molecule has 7 nitrogen and oxygen atoms in total. The van der Waals surface area contributed by atoms with Crippen LogP contribution in [0.1, 0.15) is 0 Å². The van der Waals surface area contributed by atoms with Gasteiger partial charge in [0.2, 0.25) is 5.88 Å². The third-order valence-electron chi connectivity index (χ3n) is 2.23. The normalized spacial score (nSPS) is 10.2. The predicted molar refractivity (Wildman–Crippen MR) is 63.8 cm³/mol. The molecule has 0 atom stereocenters. The predicted octanol–water partition coefficient (Wildman–Crippen LogP) is 0.490. The zero-order valence-corrected chi connectivity index (χ0v) is 9.14. The van der Waals surface area contributed by atoms with Gasteiger partial charge in [-0.1, -0.05) is 12.1 Å². The molecule has 0 spiro atoms. The largest absolute Gasteiger partial charge is 0.495 e. The van der Waals surface area contributed by atoms with E-state index >= 15 is 0 Å². The molecular formula is C10H12N4O3. The van der Waals surface area contributed by atoms with E-state index in [1.54, 1.807) is 18.2 Å². The lowest BCUT2D eigenvalue weighted by Crippen LogP contribution is -2.23. The summed E-state index contributed by atoms with van der Waals surface area (Å²) in [6.07, 6.45) is 0. The summed E-state index contributed by atoms with van der Waals surface area (Å²) in [6.45, 7) is 0. The molecule has 0 unspecified atom stereocenters. The monoisotopic (exact) mass is 236 g/mol. The number of methoxy groups -OCH3 is 1. The lowest BCUT2D eigenvalue weighted by molar-refractivity contribution is 0.417. The smallest absolute Gasteiger partial charge is 0.441 e. The van der Waals surface area contributed by atoms with E-state index in [0.717, 1.165) is 4.68 Å². The van der Waals surface area contributed by atoms with Crippen molar-refractivity contribution in [3.8, 4) is 5.75 Å². The number of hydrogen-bond acceptors (Lipinski definition) is 6. The Morgan fingerprint density at radius 1 is 1.41 bits per heavy atom. The second-order valence-corrected chi connectivity index (χ2v) is 3.28. The maximum atomic E-state index is 11.1. The molecule has 0 aliphatic carbocycles. The first-order valence-corrected chi connectivity index (χ1v) is 4.80. The average Bonchev–Trinajstić information content (AvgIpc) is 2.57. The van der Waals surface area contributed by atoms with Crippen LogP contribution in [-0.4, -0.2) is 11.8 Å². The van der Waals surface area contributed by atoms with E-state index in [4.69, 9.17) is 16.3 Å². The van der Waals surface area contributed by atoms with Crippen LogP contribution < -0.4 is 27.4 Å². The second-order valence-electron chi connectivity index (χ2n) is 3.28.